The molecule has 10 heavy (non-hydrogen) atoms. The van der Waals surface area contributed by atoms with Crippen LogP contribution < -0.4 is 0 Å². The summed E-state index contributed by atoms with van der Waals surface area (Å²) in [7, 11) is 0. The van der Waals surface area contributed by atoms with E-state index in [2.05, 4.69) is 20.8 Å². The highest BCUT2D eigenvalue weighted by molar-refractivity contribution is 5.06. The molecule has 0 aromatic carbocycles. The lowest BCUT2D eigenvalue weighted by Gasteiger charge is -2.24. The van der Waals surface area contributed by atoms with E-state index in [9.17, 15) is 4.39 Å². The summed E-state index contributed by atoms with van der Waals surface area (Å²) < 4.78 is 12.6. The molecule has 0 heterocycles. The molecule has 0 saturated carbocycles. The van der Waals surface area contributed by atoms with Crippen molar-refractivity contribution in [2.45, 2.75) is 33.6 Å². The molecule has 1 aliphatic rings. The van der Waals surface area contributed by atoms with E-state index >= 15 is 0 Å². The van der Waals surface area contributed by atoms with Gasteiger partial charge in [-0.1, -0.05) is 20.8 Å². The van der Waals surface area contributed by atoms with Crippen LogP contribution in [0, 0.1) is 11.3 Å². The Bertz CT molecular complexity index is 151. The molecule has 0 radical (unpaired) electrons. The molecule has 0 aromatic heterocycles. The lowest BCUT2D eigenvalue weighted by molar-refractivity contribution is 0.290. The van der Waals surface area contributed by atoms with Gasteiger partial charge < -0.3 is 0 Å². The van der Waals surface area contributed by atoms with Crippen LogP contribution in [0.2, 0.25) is 0 Å². The van der Waals surface area contributed by atoms with Crippen LogP contribution in [0.4, 0.5) is 4.39 Å². The SMILES string of the molecule is CC(C)(C)C1C=C(F)CC1. The summed E-state index contributed by atoms with van der Waals surface area (Å²) in [6.07, 6.45) is 3.43. The van der Waals surface area contributed by atoms with Gasteiger partial charge in [0, 0.05) is 0 Å². The Morgan fingerprint density at radius 2 is 2.10 bits per heavy atom. The van der Waals surface area contributed by atoms with Crippen molar-refractivity contribution in [1.82, 2.24) is 0 Å². The molecule has 0 aromatic rings. The van der Waals surface area contributed by atoms with Crippen molar-refractivity contribution < 1.29 is 4.39 Å². The van der Waals surface area contributed by atoms with Crippen LogP contribution in [-0.2, 0) is 0 Å². The van der Waals surface area contributed by atoms with Crippen LogP contribution in [0.1, 0.15) is 33.6 Å². The van der Waals surface area contributed by atoms with Crippen molar-refractivity contribution in [1.29, 1.82) is 0 Å². The number of halogens is 1. The van der Waals surface area contributed by atoms with Crippen LogP contribution in [0.25, 0.3) is 0 Å². The Hall–Kier alpha value is -0.330. The van der Waals surface area contributed by atoms with E-state index in [0.717, 1.165) is 6.42 Å². The molecule has 1 aliphatic carbocycles. The van der Waals surface area contributed by atoms with Crippen LogP contribution in [-0.4, -0.2) is 0 Å². The minimum absolute atomic E-state index is 0.0833. The molecule has 0 N–H and O–H groups in total. The van der Waals surface area contributed by atoms with Gasteiger partial charge in [-0.3, -0.25) is 0 Å². The first-order chi connectivity index (χ1) is 4.50. The number of allylic oxidation sites excluding steroid dienone is 2. The summed E-state index contributed by atoms with van der Waals surface area (Å²) in [6, 6.07) is 0. The third-order valence-electron chi connectivity index (χ3n) is 2.19. The van der Waals surface area contributed by atoms with Gasteiger partial charge in [0.15, 0.2) is 0 Å². The molecule has 0 nitrogen and oxygen atoms in total. The van der Waals surface area contributed by atoms with Gasteiger partial charge in [-0.15, -0.1) is 0 Å². The topological polar surface area (TPSA) is 0 Å². The number of hydrogen-bond donors (Lipinski definition) is 0. The first kappa shape index (κ1) is 7.77. The average molecular weight is 142 g/mol. The van der Waals surface area contributed by atoms with E-state index in [1.807, 2.05) is 0 Å². The fourth-order valence-corrected chi connectivity index (χ4v) is 1.36. The summed E-state index contributed by atoms with van der Waals surface area (Å²) in [6.45, 7) is 6.48. The van der Waals surface area contributed by atoms with Crippen molar-refractivity contribution in [3.8, 4) is 0 Å². The molecule has 0 bridgehead atoms. The number of hydrogen-bond acceptors (Lipinski definition) is 0. The maximum atomic E-state index is 12.6. The molecule has 0 aliphatic heterocycles. The van der Waals surface area contributed by atoms with Gasteiger partial charge in [-0.25, -0.2) is 4.39 Å². The second-order valence-electron chi connectivity index (χ2n) is 4.12. The highest BCUT2D eigenvalue weighted by atomic mass is 19.1. The summed E-state index contributed by atoms with van der Waals surface area (Å²) in [5.41, 5.74) is 0.244. The van der Waals surface area contributed by atoms with Gasteiger partial charge >= 0.3 is 0 Å². The van der Waals surface area contributed by atoms with Gasteiger partial charge in [0.25, 0.3) is 0 Å². The van der Waals surface area contributed by atoms with E-state index in [1.165, 1.54) is 0 Å². The normalized spacial score (nSPS) is 26.8. The fraction of sp³-hybridized carbons (Fsp3) is 0.778. The van der Waals surface area contributed by atoms with Crippen molar-refractivity contribution in [3.05, 3.63) is 11.9 Å². The Balaban J connectivity index is 2.61. The molecule has 0 saturated heterocycles. The lowest BCUT2D eigenvalue weighted by atomic mass is 9.81. The van der Waals surface area contributed by atoms with Gasteiger partial charge in [0.1, 0.15) is 0 Å². The smallest absolute Gasteiger partial charge is 0.0963 e. The third kappa shape index (κ3) is 1.59. The monoisotopic (exact) mass is 142 g/mol. The molecule has 1 heteroatoms. The van der Waals surface area contributed by atoms with Crippen molar-refractivity contribution in [2.75, 3.05) is 0 Å². The van der Waals surface area contributed by atoms with Crippen LogP contribution in [0.3, 0.4) is 0 Å². The van der Waals surface area contributed by atoms with E-state index in [1.54, 1.807) is 6.08 Å². The van der Waals surface area contributed by atoms with Crippen molar-refractivity contribution in [2.24, 2.45) is 11.3 Å². The molecule has 1 atom stereocenters. The molecule has 0 spiro atoms. The fourth-order valence-electron chi connectivity index (χ4n) is 1.36. The molecular formula is C9H15F. The van der Waals surface area contributed by atoms with Crippen LogP contribution in [0.15, 0.2) is 11.9 Å². The molecule has 1 unspecified atom stereocenters. The van der Waals surface area contributed by atoms with Gasteiger partial charge in [0.2, 0.25) is 0 Å². The Morgan fingerprint density at radius 3 is 2.30 bits per heavy atom. The van der Waals surface area contributed by atoms with E-state index in [0.29, 0.717) is 12.3 Å². The highest BCUT2D eigenvalue weighted by Crippen LogP contribution is 2.37. The highest BCUT2D eigenvalue weighted by Gasteiger charge is 2.26. The second kappa shape index (κ2) is 2.37. The maximum Gasteiger partial charge on any atom is 0.0963 e. The molecule has 0 amide bonds. The molecular weight excluding hydrogens is 127 g/mol. The maximum absolute atomic E-state index is 12.6. The van der Waals surface area contributed by atoms with Gasteiger partial charge in [-0.05, 0) is 30.3 Å². The lowest BCUT2D eigenvalue weighted by Crippen LogP contribution is -2.15. The largest absolute Gasteiger partial charge is 0.212 e. The standard InChI is InChI=1S/C9H15F/c1-9(2,3)7-4-5-8(10)6-7/h6-7H,4-5H2,1-3H3. The Kier molecular flexibility index (Phi) is 1.84. The first-order valence-corrected chi connectivity index (χ1v) is 3.86. The summed E-state index contributed by atoms with van der Waals surface area (Å²) in [4.78, 5) is 0. The van der Waals surface area contributed by atoms with E-state index in [-0.39, 0.29) is 11.2 Å². The molecule has 0 fully saturated rings. The van der Waals surface area contributed by atoms with E-state index in [4.69, 9.17) is 0 Å². The Morgan fingerprint density at radius 1 is 1.50 bits per heavy atom. The first-order valence-electron chi connectivity index (χ1n) is 3.86. The van der Waals surface area contributed by atoms with Crippen molar-refractivity contribution in [3.63, 3.8) is 0 Å². The van der Waals surface area contributed by atoms with Crippen LogP contribution >= 0.6 is 0 Å². The quantitative estimate of drug-likeness (QED) is 0.487. The zero-order valence-electron chi connectivity index (χ0n) is 6.95. The molecule has 58 valence electrons. The third-order valence-corrected chi connectivity index (χ3v) is 2.19. The van der Waals surface area contributed by atoms with Gasteiger partial charge in [-0.2, -0.15) is 0 Å². The predicted octanol–water partition coefficient (Wildman–Crippen LogP) is 3.30. The summed E-state index contributed by atoms with van der Waals surface area (Å²) >= 11 is 0. The zero-order valence-corrected chi connectivity index (χ0v) is 6.95. The second-order valence-corrected chi connectivity index (χ2v) is 4.12. The predicted molar refractivity (Wildman–Crippen MR) is 41.4 cm³/mol. The minimum Gasteiger partial charge on any atom is -0.212 e. The summed E-state index contributed by atoms with van der Waals surface area (Å²) in [5, 5.41) is 0. The van der Waals surface area contributed by atoms with E-state index < -0.39 is 0 Å². The van der Waals surface area contributed by atoms with Crippen LogP contribution in [0.5, 0.6) is 0 Å². The van der Waals surface area contributed by atoms with Gasteiger partial charge in [0.05, 0.1) is 5.83 Å². The Labute approximate surface area is 62.1 Å². The molecule has 1 rings (SSSR count). The number of rotatable bonds is 0. The summed E-state index contributed by atoms with van der Waals surface area (Å²) in [5.74, 6) is 0.535. The zero-order chi connectivity index (χ0) is 7.78. The average Bonchev–Trinajstić information content (AvgIpc) is 2.11. The van der Waals surface area contributed by atoms with Crippen molar-refractivity contribution >= 4 is 0 Å². The minimum atomic E-state index is 0.0833.